The molecular weight excluding hydrogens is 136 g/mol. The summed E-state index contributed by atoms with van der Waals surface area (Å²) in [5.74, 6) is 0. The fourth-order valence-corrected chi connectivity index (χ4v) is 0. The molecule has 0 unspecified atom stereocenters. The number of hydrogen-bond acceptors (Lipinski definition) is 0. The molecule has 0 N–H and O–H groups in total. The fourth-order valence-electron chi connectivity index (χ4n) is 0. The first-order chi connectivity index (χ1) is 0. The van der Waals surface area contributed by atoms with Crippen LogP contribution in [0.4, 0.5) is 4.70 Å². The van der Waals surface area contributed by atoms with E-state index in [-0.39, 0.29) is 85.4 Å². The van der Waals surface area contributed by atoms with Crippen molar-refractivity contribution >= 4 is 57.5 Å². The Morgan fingerprint density at radius 2 is 1.25 bits per heavy atom. The van der Waals surface area contributed by atoms with E-state index >= 15 is 0 Å². The predicted octanol–water partition coefficient (Wildman–Crippen LogP) is -4.07. The van der Waals surface area contributed by atoms with Crippen LogP contribution in [0.1, 0.15) is 4.28 Å². The average molecular weight is 143 g/mol. The Balaban J connectivity index is 0. The van der Waals surface area contributed by atoms with Crippen LogP contribution >= 0.6 is 0 Å². The van der Waals surface area contributed by atoms with Crippen molar-refractivity contribution in [1.82, 2.24) is 0 Å². The first-order valence-corrected chi connectivity index (χ1v) is 0. The van der Waals surface area contributed by atoms with Crippen molar-refractivity contribution in [3.63, 3.8) is 0 Å². The van der Waals surface area contributed by atoms with Gasteiger partial charge in [-0.1, -0.05) is 0 Å². The molecule has 20 valence electrons. The van der Waals surface area contributed by atoms with Crippen LogP contribution in [-0.4, -0.2) is 57.5 Å². The molecule has 0 rings (SSSR count). The smallest absolute Gasteiger partial charge is 1.00 e. The molecule has 0 aliphatic carbocycles. The molecule has 0 aromatic rings. The first kappa shape index (κ1) is 32.2. The molecule has 0 radical (unpaired) electrons. The predicted molar refractivity (Wildman–Crippen MR) is 21.5 cm³/mol. The van der Waals surface area contributed by atoms with E-state index in [9.17, 15) is 0 Å². The summed E-state index contributed by atoms with van der Waals surface area (Å²) in [5.41, 5.74) is 0. The third-order valence-corrected chi connectivity index (χ3v) is 0. The largest absolute Gasteiger partial charge is 1.00 e. The molecule has 0 aliphatic heterocycles. The summed E-state index contributed by atoms with van der Waals surface area (Å²) in [5, 5.41) is 0. The molecule has 0 aromatic carbocycles. The van der Waals surface area contributed by atoms with Crippen molar-refractivity contribution in [2.75, 3.05) is 0 Å². The zero-order valence-corrected chi connectivity index (χ0v) is 4.32. The molecule has 0 spiro atoms. The Labute approximate surface area is 84.1 Å². The van der Waals surface area contributed by atoms with Gasteiger partial charge in [-0.15, -0.1) is 0 Å². The average Bonchev–Trinajstić information content (AvgIpc) is 0. The molecule has 0 aliphatic rings. The monoisotopic (exact) mass is 142 g/mol. The molecule has 0 heterocycles. The quantitative estimate of drug-likeness (QED) is 0.302. The summed E-state index contributed by atoms with van der Waals surface area (Å²) in [6, 6.07) is 0. The van der Waals surface area contributed by atoms with Crippen LogP contribution in [0.5, 0.6) is 0 Å². The molecule has 0 fully saturated rings. The van der Waals surface area contributed by atoms with Crippen molar-refractivity contribution in [3.05, 3.63) is 0 Å². The molecule has 0 nitrogen and oxygen atoms in total. The van der Waals surface area contributed by atoms with E-state index in [2.05, 4.69) is 0 Å². The number of rotatable bonds is 0. The van der Waals surface area contributed by atoms with Crippen LogP contribution in [0.2, 0.25) is 0 Å². The molecule has 0 saturated carbocycles. The minimum atomic E-state index is 0. The summed E-state index contributed by atoms with van der Waals surface area (Å²) in [6.07, 6.45) is 0. The SMILES string of the molecule is F.[Ca+2].[GaH3].[H-].[H-].[H-].[Li+]. The van der Waals surface area contributed by atoms with Crippen LogP contribution in [0.3, 0.4) is 0 Å². The molecule has 4 heavy (non-hydrogen) atoms. The topological polar surface area (TPSA) is 0 Å². The van der Waals surface area contributed by atoms with E-state index in [1.54, 1.807) is 0 Å². The molecule has 0 amide bonds. The van der Waals surface area contributed by atoms with Gasteiger partial charge in [0.25, 0.3) is 0 Å². The summed E-state index contributed by atoms with van der Waals surface area (Å²) in [6.45, 7) is 0. The summed E-state index contributed by atoms with van der Waals surface area (Å²) in [7, 11) is 0. The molecule has 0 bridgehead atoms. The first-order valence-electron chi connectivity index (χ1n) is 0. The molecule has 0 atom stereocenters. The van der Waals surface area contributed by atoms with Crippen molar-refractivity contribution in [1.29, 1.82) is 0 Å². The van der Waals surface area contributed by atoms with E-state index in [1.807, 2.05) is 0 Å². The second-order valence-corrected chi connectivity index (χ2v) is 0. The van der Waals surface area contributed by atoms with Crippen molar-refractivity contribution in [2.24, 2.45) is 0 Å². The zero-order valence-electron chi connectivity index (χ0n) is 5.12. The van der Waals surface area contributed by atoms with Crippen LogP contribution in [0.25, 0.3) is 0 Å². The maximum absolute atomic E-state index is 0. The second-order valence-electron chi connectivity index (χ2n) is 0. The Bertz CT molecular complexity index is 14.9. The summed E-state index contributed by atoms with van der Waals surface area (Å²) >= 11 is 0. The van der Waals surface area contributed by atoms with Crippen molar-refractivity contribution in [2.45, 2.75) is 0 Å². The summed E-state index contributed by atoms with van der Waals surface area (Å²) < 4.78 is 0. The Morgan fingerprint density at radius 3 is 1.25 bits per heavy atom. The fraction of sp³-hybridized carbons (Fsp3) is 0. The number of halogens is 1. The molecule has 0 aromatic heterocycles. The zero-order chi connectivity index (χ0) is 0. The van der Waals surface area contributed by atoms with Crippen molar-refractivity contribution < 1.29 is 27.8 Å². The van der Waals surface area contributed by atoms with Gasteiger partial charge >= 0.3 is 76.4 Å². The minimum Gasteiger partial charge on any atom is -1.00 e. The Hall–Kier alpha value is 2.42. The Kier molecular flexibility index (Phi) is 145. The van der Waals surface area contributed by atoms with E-state index in [0.29, 0.717) is 0 Å². The van der Waals surface area contributed by atoms with Gasteiger partial charge in [0.15, 0.2) is 0 Å². The van der Waals surface area contributed by atoms with Gasteiger partial charge in [-0.3, -0.25) is 4.70 Å². The van der Waals surface area contributed by atoms with Gasteiger partial charge in [-0.25, -0.2) is 0 Å². The van der Waals surface area contributed by atoms with Crippen LogP contribution in [0.15, 0.2) is 0 Å². The van der Waals surface area contributed by atoms with E-state index in [4.69, 9.17) is 0 Å². The number of hydrogen-bond donors (Lipinski definition) is 0. The molecule has 0 saturated heterocycles. The minimum absolute atomic E-state index is 0. The van der Waals surface area contributed by atoms with Crippen molar-refractivity contribution in [3.8, 4) is 0 Å². The standard InChI is InChI=1S/Ca.FH.Ga.Li.6H/h;1H;;;;;;;;/q+2;;;+1;;;;3*-1. The maximum atomic E-state index is 0. The van der Waals surface area contributed by atoms with Gasteiger partial charge in [0, 0.05) is 0 Å². The molecular formula is H7CaFGaLi. The third-order valence-electron chi connectivity index (χ3n) is 0. The van der Waals surface area contributed by atoms with E-state index in [1.165, 1.54) is 0 Å². The maximum Gasteiger partial charge on any atom is 1.00 e. The summed E-state index contributed by atoms with van der Waals surface area (Å²) in [4.78, 5) is 0. The van der Waals surface area contributed by atoms with Crippen LogP contribution < -0.4 is 18.9 Å². The normalized spacial score (nSPS) is 0. The van der Waals surface area contributed by atoms with Gasteiger partial charge in [-0.05, 0) is 0 Å². The van der Waals surface area contributed by atoms with Gasteiger partial charge in [0.05, 0.1) is 0 Å². The second kappa shape index (κ2) is 18.1. The van der Waals surface area contributed by atoms with E-state index in [0.717, 1.165) is 0 Å². The van der Waals surface area contributed by atoms with E-state index < -0.39 is 0 Å². The Morgan fingerprint density at radius 1 is 1.25 bits per heavy atom. The van der Waals surface area contributed by atoms with Gasteiger partial charge in [0.1, 0.15) is 0 Å². The van der Waals surface area contributed by atoms with Gasteiger partial charge in [0.2, 0.25) is 0 Å². The van der Waals surface area contributed by atoms with Gasteiger partial charge in [-0.2, -0.15) is 0 Å². The van der Waals surface area contributed by atoms with Gasteiger partial charge < -0.3 is 4.28 Å². The molecule has 4 heteroatoms. The third kappa shape index (κ3) is 8.83. The van der Waals surface area contributed by atoms with Crippen LogP contribution in [0, 0.1) is 0 Å². The van der Waals surface area contributed by atoms with Crippen LogP contribution in [-0.2, 0) is 0 Å².